The molecule has 1 aliphatic rings. The highest BCUT2D eigenvalue weighted by Gasteiger charge is 2.48. The molecule has 0 aliphatic carbocycles. The molecule has 1 fully saturated rings. The number of aliphatic hydroxyl groups excluding tert-OH is 3. The summed E-state index contributed by atoms with van der Waals surface area (Å²) in [5.41, 5.74) is 0. The largest absolute Gasteiger partial charge is 0.457 e. The van der Waals surface area contributed by atoms with Crippen molar-refractivity contribution < 1.29 is 56.2 Å². The quantitative estimate of drug-likeness (QED) is 0.0258. The molecule has 52 heavy (non-hydrogen) atoms. The number of unbranched alkanes of at least 4 members (excludes halogenated alkanes) is 8. The van der Waals surface area contributed by atoms with Gasteiger partial charge in [-0.25, -0.2) is 4.18 Å². The lowest BCUT2D eigenvalue weighted by Crippen LogP contribution is -2.60. The molecule has 0 aromatic rings. The Labute approximate surface area is 312 Å². The zero-order valence-electron chi connectivity index (χ0n) is 31.3. The van der Waals surface area contributed by atoms with Crippen LogP contribution in [0.5, 0.6) is 0 Å². The fourth-order valence-corrected chi connectivity index (χ4v) is 5.76. The van der Waals surface area contributed by atoms with Crippen LogP contribution in [0.2, 0.25) is 0 Å². The first-order valence-electron chi connectivity index (χ1n) is 19.0. The topological polar surface area (TPSA) is 178 Å². The molecule has 1 aliphatic heterocycles. The number of rotatable bonds is 31. The van der Waals surface area contributed by atoms with Gasteiger partial charge < -0.3 is 34.3 Å². The van der Waals surface area contributed by atoms with Crippen LogP contribution in [0.4, 0.5) is 0 Å². The normalized spacial score (nSPS) is 22.2. The average molecular weight is 759 g/mol. The van der Waals surface area contributed by atoms with Crippen molar-refractivity contribution in [2.24, 2.45) is 0 Å². The van der Waals surface area contributed by atoms with E-state index in [1.807, 2.05) is 12.2 Å². The van der Waals surface area contributed by atoms with Gasteiger partial charge in [-0.2, -0.15) is 8.42 Å². The van der Waals surface area contributed by atoms with Crippen molar-refractivity contribution in [3.63, 3.8) is 0 Å². The van der Waals surface area contributed by atoms with Gasteiger partial charge in [0.25, 0.3) is 0 Å². The third-order valence-corrected chi connectivity index (χ3v) is 8.60. The summed E-state index contributed by atoms with van der Waals surface area (Å²) in [5, 5.41) is 30.5. The van der Waals surface area contributed by atoms with Gasteiger partial charge in [0.15, 0.2) is 6.29 Å². The summed E-state index contributed by atoms with van der Waals surface area (Å²) in [6.45, 7) is 3.69. The number of hydrogen-bond donors (Lipinski definition) is 4. The molecule has 0 aromatic heterocycles. The molecule has 0 amide bonds. The average Bonchev–Trinajstić information content (AvgIpc) is 3.11. The van der Waals surface area contributed by atoms with Crippen LogP contribution in [0.25, 0.3) is 0 Å². The molecule has 6 unspecified atom stereocenters. The molecule has 1 heterocycles. The van der Waals surface area contributed by atoms with Crippen molar-refractivity contribution in [1.29, 1.82) is 0 Å². The maximum atomic E-state index is 12.7. The number of allylic oxidation sites excluding steroid dienone is 10. The molecule has 4 N–H and O–H groups in total. The Morgan fingerprint density at radius 3 is 1.94 bits per heavy atom. The van der Waals surface area contributed by atoms with Gasteiger partial charge in [0, 0.05) is 13.0 Å². The summed E-state index contributed by atoms with van der Waals surface area (Å²) < 4.78 is 58.6. The summed E-state index contributed by atoms with van der Waals surface area (Å²) in [7, 11) is -5.07. The first-order chi connectivity index (χ1) is 25.1. The van der Waals surface area contributed by atoms with Gasteiger partial charge in [0.05, 0.1) is 19.8 Å². The summed E-state index contributed by atoms with van der Waals surface area (Å²) in [6, 6.07) is 0. The Morgan fingerprint density at radius 2 is 1.33 bits per heavy atom. The molecule has 300 valence electrons. The van der Waals surface area contributed by atoms with E-state index in [2.05, 4.69) is 66.6 Å². The predicted molar refractivity (Wildman–Crippen MR) is 202 cm³/mol. The molecular formula is C39H66O12S. The van der Waals surface area contributed by atoms with E-state index >= 15 is 0 Å². The van der Waals surface area contributed by atoms with Crippen molar-refractivity contribution in [3.05, 3.63) is 60.8 Å². The first kappa shape index (κ1) is 47.8. The van der Waals surface area contributed by atoms with Crippen molar-refractivity contribution in [2.45, 2.75) is 153 Å². The molecule has 1 rings (SSSR count). The second-order valence-electron chi connectivity index (χ2n) is 12.8. The smallest absolute Gasteiger partial charge is 0.397 e. The zero-order valence-corrected chi connectivity index (χ0v) is 32.2. The maximum absolute atomic E-state index is 12.7. The van der Waals surface area contributed by atoms with Gasteiger partial charge in [-0.15, -0.1) is 0 Å². The van der Waals surface area contributed by atoms with E-state index in [-0.39, 0.29) is 19.6 Å². The van der Waals surface area contributed by atoms with E-state index in [9.17, 15) is 28.5 Å². The van der Waals surface area contributed by atoms with Crippen molar-refractivity contribution in [1.82, 2.24) is 0 Å². The second kappa shape index (κ2) is 31.2. The molecule has 0 spiro atoms. The Morgan fingerprint density at radius 1 is 0.750 bits per heavy atom. The van der Waals surface area contributed by atoms with Gasteiger partial charge in [0.2, 0.25) is 0 Å². The highest BCUT2D eigenvalue weighted by molar-refractivity contribution is 7.80. The molecule has 12 nitrogen and oxygen atoms in total. The number of aliphatic hydroxyl groups is 3. The summed E-state index contributed by atoms with van der Waals surface area (Å²) in [4.78, 5) is 12.7. The minimum absolute atomic E-state index is 0.000105. The highest BCUT2D eigenvalue weighted by atomic mass is 32.3. The van der Waals surface area contributed by atoms with Crippen LogP contribution in [0.3, 0.4) is 0 Å². The highest BCUT2D eigenvalue weighted by Crippen LogP contribution is 2.26. The van der Waals surface area contributed by atoms with E-state index in [0.29, 0.717) is 13.0 Å². The van der Waals surface area contributed by atoms with Crippen LogP contribution < -0.4 is 0 Å². The molecule has 0 radical (unpaired) electrons. The van der Waals surface area contributed by atoms with Crippen LogP contribution >= 0.6 is 0 Å². The van der Waals surface area contributed by atoms with Crippen molar-refractivity contribution >= 4 is 16.4 Å². The monoisotopic (exact) mass is 758 g/mol. The van der Waals surface area contributed by atoms with Crippen LogP contribution in [0, 0.1) is 0 Å². The molecule has 1 saturated heterocycles. The van der Waals surface area contributed by atoms with E-state index in [1.54, 1.807) is 0 Å². The fraction of sp³-hybridized carbons (Fsp3) is 0.718. The Bertz CT molecular complexity index is 1150. The number of esters is 1. The van der Waals surface area contributed by atoms with E-state index < -0.39 is 59.8 Å². The van der Waals surface area contributed by atoms with Gasteiger partial charge in [-0.1, -0.05) is 113 Å². The third-order valence-electron chi connectivity index (χ3n) is 8.14. The number of hydrogen-bond acceptors (Lipinski definition) is 11. The van der Waals surface area contributed by atoms with Gasteiger partial charge in [-0.3, -0.25) is 9.35 Å². The molecule has 0 aromatic carbocycles. The summed E-state index contributed by atoms with van der Waals surface area (Å²) in [6.07, 6.45) is 27.1. The van der Waals surface area contributed by atoms with Crippen LogP contribution in [-0.4, -0.2) is 97.5 Å². The Kier molecular flexibility index (Phi) is 28.7. The van der Waals surface area contributed by atoms with Crippen molar-refractivity contribution in [3.8, 4) is 0 Å². The molecule has 0 saturated carbocycles. The van der Waals surface area contributed by atoms with Gasteiger partial charge in [-0.05, 0) is 57.8 Å². The Hall–Kier alpha value is -2.20. The lowest BCUT2D eigenvalue weighted by Gasteiger charge is -2.41. The SMILES string of the molecule is CC/C=C\C/C=C\C/C=C\C/C=C\CCC(=O)OC(COCCCCCCCC/C=C\CCCC)COC1OC(CO)C(O)C(OS(=O)(=O)O)C1O. The van der Waals surface area contributed by atoms with Crippen LogP contribution in [0.1, 0.15) is 117 Å². The van der Waals surface area contributed by atoms with Crippen LogP contribution in [0.15, 0.2) is 60.8 Å². The second-order valence-corrected chi connectivity index (χ2v) is 13.8. The van der Waals surface area contributed by atoms with E-state index in [4.69, 9.17) is 23.5 Å². The van der Waals surface area contributed by atoms with E-state index in [0.717, 1.165) is 64.2 Å². The predicted octanol–water partition coefficient (Wildman–Crippen LogP) is 6.62. The number of carbonyl (C=O) groups is 1. The number of carbonyl (C=O) groups excluding carboxylic acids is 1. The minimum Gasteiger partial charge on any atom is -0.457 e. The maximum Gasteiger partial charge on any atom is 0.397 e. The van der Waals surface area contributed by atoms with Crippen molar-refractivity contribution in [2.75, 3.05) is 26.4 Å². The molecular weight excluding hydrogens is 692 g/mol. The Balaban J connectivity index is 2.58. The van der Waals surface area contributed by atoms with Crippen LogP contribution in [-0.2, 0) is 38.3 Å². The van der Waals surface area contributed by atoms with Gasteiger partial charge in [0.1, 0.15) is 30.5 Å². The minimum atomic E-state index is -5.07. The molecule has 13 heteroatoms. The molecule has 6 atom stereocenters. The first-order valence-corrected chi connectivity index (χ1v) is 20.4. The number of ether oxygens (including phenoxy) is 4. The summed E-state index contributed by atoms with van der Waals surface area (Å²) >= 11 is 0. The van der Waals surface area contributed by atoms with E-state index in [1.165, 1.54) is 25.7 Å². The van der Waals surface area contributed by atoms with Gasteiger partial charge >= 0.3 is 16.4 Å². The zero-order chi connectivity index (χ0) is 38.3. The lowest BCUT2D eigenvalue weighted by atomic mass is 9.99. The summed E-state index contributed by atoms with van der Waals surface area (Å²) in [5.74, 6) is -0.485. The standard InChI is InChI=1S/C39H66O12S/c1-3-5-7-9-11-13-15-17-18-20-22-24-26-28-35(41)49-33(31-47-29-27-25-23-21-19-16-14-12-10-8-6-4-2)32-48-39-37(43)38(51-52(44,45)46)36(42)34(30-40)50-39/h5,7,10-13,17-18,22,24,33-34,36-40,42-43H,3-4,6,8-9,14-16,19-21,23,25-32H2,1-2H3,(H,44,45,46)/b7-5-,12-10-,13-11-,18-17-,24-22-. The third kappa shape index (κ3) is 24.9. The molecule has 0 bridgehead atoms. The lowest BCUT2D eigenvalue weighted by molar-refractivity contribution is -0.301. The fourth-order valence-electron chi connectivity index (χ4n) is 5.25.